The Morgan fingerprint density at radius 2 is 1.56 bits per heavy atom. The summed E-state index contributed by atoms with van der Waals surface area (Å²) in [5.41, 5.74) is 7.46. The van der Waals surface area contributed by atoms with Crippen molar-refractivity contribution in [3.63, 3.8) is 0 Å². The standard InChI is InChI=1S/C38H42N2O7S/c1-45-33-9-2-3-10-35(33)48-25-32-22-34(29-15-13-26(24-41)14-16-29)47-38(46-32)30-19-17-28(18-20-30)31-8-6-7-27(21-31)23-39-36(42)11-4-5-12-37(43)40-44/h2-3,6-10,13-21,32,34,38,41,44H,4-5,11-12,22-25H2,1H3,(H,39,42)(H,40,43)/t32-,34+,38+/m0/s1. The Balaban J connectivity index is 1.24. The first-order valence-electron chi connectivity index (χ1n) is 16.1. The maximum atomic E-state index is 12.3. The van der Waals surface area contributed by atoms with Crippen LogP contribution in [0.5, 0.6) is 5.75 Å². The summed E-state index contributed by atoms with van der Waals surface area (Å²) in [4.78, 5) is 24.5. The minimum atomic E-state index is -0.557. The average Bonchev–Trinajstić information content (AvgIpc) is 3.15. The first-order chi connectivity index (χ1) is 23.4. The summed E-state index contributed by atoms with van der Waals surface area (Å²) in [6.45, 7) is 0.398. The highest BCUT2D eigenvalue weighted by Crippen LogP contribution is 2.40. The number of amides is 2. The van der Waals surface area contributed by atoms with Crippen LogP contribution in [0.1, 0.15) is 66.8 Å². The molecule has 4 aromatic carbocycles. The second-order valence-corrected chi connectivity index (χ2v) is 12.7. The third kappa shape index (κ3) is 9.91. The van der Waals surface area contributed by atoms with Crippen molar-refractivity contribution in [3.05, 3.63) is 119 Å². The average molecular weight is 671 g/mol. The van der Waals surface area contributed by atoms with Gasteiger partial charge in [-0.15, -0.1) is 11.8 Å². The van der Waals surface area contributed by atoms with E-state index in [1.807, 2.05) is 72.8 Å². The Kier molecular flexibility index (Phi) is 13.0. The number of hydrogen-bond donors (Lipinski definition) is 4. The van der Waals surface area contributed by atoms with Crippen molar-refractivity contribution in [2.75, 3.05) is 12.9 Å². The molecule has 9 nitrogen and oxygen atoms in total. The molecule has 3 atom stereocenters. The van der Waals surface area contributed by atoms with Crippen LogP contribution in [0.15, 0.2) is 102 Å². The molecule has 0 saturated carbocycles. The predicted octanol–water partition coefficient (Wildman–Crippen LogP) is 6.87. The lowest BCUT2D eigenvalue weighted by Gasteiger charge is -2.36. The summed E-state index contributed by atoms with van der Waals surface area (Å²) in [6, 6.07) is 32.1. The van der Waals surface area contributed by atoms with Crippen LogP contribution >= 0.6 is 11.8 Å². The highest BCUT2D eigenvalue weighted by molar-refractivity contribution is 7.99. The lowest BCUT2D eigenvalue weighted by molar-refractivity contribution is -0.245. The Morgan fingerprint density at radius 1 is 0.833 bits per heavy atom. The molecule has 1 aliphatic heterocycles. The summed E-state index contributed by atoms with van der Waals surface area (Å²) < 4.78 is 18.6. The summed E-state index contributed by atoms with van der Waals surface area (Å²) in [5.74, 6) is 1.04. The number of carbonyl (C=O) groups is 2. The number of thioether (sulfide) groups is 1. The summed E-state index contributed by atoms with van der Waals surface area (Å²) in [6.07, 6.45) is 1.49. The molecule has 4 aromatic rings. The van der Waals surface area contributed by atoms with Crippen molar-refractivity contribution in [1.82, 2.24) is 10.8 Å². The lowest BCUT2D eigenvalue weighted by atomic mass is 9.99. The fourth-order valence-corrected chi connectivity index (χ4v) is 6.60. The molecule has 0 aliphatic carbocycles. The van der Waals surface area contributed by atoms with E-state index in [1.54, 1.807) is 24.4 Å². The van der Waals surface area contributed by atoms with E-state index in [4.69, 9.17) is 19.4 Å². The van der Waals surface area contributed by atoms with Gasteiger partial charge in [0.15, 0.2) is 6.29 Å². The van der Waals surface area contributed by atoms with Crippen LogP contribution < -0.4 is 15.5 Å². The minimum Gasteiger partial charge on any atom is -0.496 e. The van der Waals surface area contributed by atoms with Gasteiger partial charge in [-0.05, 0) is 58.9 Å². The van der Waals surface area contributed by atoms with E-state index in [9.17, 15) is 14.7 Å². The van der Waals surface area contributed by atoms with Gasteiger partial charge in [0, 0.05) is 42.0 Å². The number of methoxy groups -OCH3 is 1. The number of aliphatic hydroxyl groups excluding tert-OH is 1. The fourth-order valence-electron chi connectivity index (χ4n) is 5.55. The van der Waals surface area contributed by atoms with Gasteiger partial charge in [0.2, 0.25) is 11.8 Å². The number of rotatable bonds is 15. The van der Waals surface area contributed by atoms with E-state index >= 15 is 0 Å². The van der Waals surface area contributed by atoms with Gasteiger partial charge in [0.25, 0.3) is 0 Å². The molecule has 1 heterocycles. The molecule has 1 aliphatic rings. The number of carbonyl (C=O) groups excluding carboxylic acids is 2. The van der Waals surface area contributed by atoms with Gasteiger partial charge in [0.05, 0.1) is 25.9 Å². The number of para-hydroxylation sites is 1. The Morgan fingerprint density at radius 3 is 2.29 bits per heavy atom. The number of hydroxylamine groups is 1. The highest BCUT2D eigenvalue weighted by atomic mass is 32.2. The van der Waals surface area contributed by atoms with Crippen molar-refractivity contribution in [2.24, 2.45) is 0 Å². The Labute approximate surface area is 285 Å². The molecule has 48 heavy (non-hydrogen) atoms. The van der Waals surface area contributed by atoms with E-state index in [0.29, 0.717) is 32.2 Å². The first-order valence-corrected chi connectivity index (χ1v) is 17.1. The summed E-state index contributed by atoms with van der Waals surface area (Å²) in [7, 11) is 1.68. The molecule has 0 aromatic heterocycles. The van der Waals surface area contributed by atoms with Crippen LogP contribution in [-0.4, -0.2) is 41.1 Å². The first kappa shape index (κ1) is 35.1. The third-order valence-electron chi connectivity index (χ3n) is 8.22. The fraction of sp³-hybridized carbons (Fsp3) is 0.316. The van der Waals surface area contributed by atoms with Crippen LogP contribution in [0.25, 0.3) is 11.1 Å². The van der Waals surface area contributed by atoms with Gasteiger partial charge in [-0.1, -0.05) is 78.9 Å². The van der Waals surface area contributed by atoms with Gasteiger partial charge in [-0.25, -0.2) is 5.48 Å². The smallest absolute Gasteiger partial charge is 0.243 e. The van der Waals surface area contributed by atoms with Crippen molar-refractivity contribution in [3.8, 4) is 16.9 Å². The Hall–Kier alpha value is -4.19. The number of hydrogen-bond acceptors (Lipinski definition) is 8. The second kappa shape index (κ2) is 17.8. The highest BCUT2D eigenvalue weighted by Gasteiger charge is 2.32. The van der Waals surface area contributed by atoms with Crippen molar-refractivity contribution >= 4 is 23.6 Å². The quantitative estimate of drug-likeness (QED) is 0.0467. The zero-order valence-electron chi connectivity index (χ0n) is 27.0. The van der Waals surface area contributed by atoms with Crippen LogP contribution in [-0.2, 0) is 32.2 Å². The van der Waals surface area contributed by atoms with Crippen molar-refractivity contribution < 1.29 is 34.1 Å². The minimum absolute atomic E-state index is 0.00530. The third-order valence-corrected chi connectivity index (χ3v) is 9.41. The van der Waals surface area contributed by atoms with E-state index in [0.717, 1.165) is 49.8 Å². The molecule has 1 saturated heterocycles. The molecular weight excluding hydrogens is 628 g/mol. The van der Waals surface area contributed by atoms with Crippen molar-refractivity contribution in [2.45, 2.75) is 68.6 Å². The number of benzene rings is 4. The van der Waals surface area contributed by atoms with E-state index < -0.39 is 12.2 Å². The Bertz CT molecular complexity index is 1630. The van der Waals surface area contributed by atoms with Crippen LogP contribution in [0.3, 0.4) is 0 Å². The molecule has 4 N–H and O–H groups in total. The lowest BCUT2D eigenvalue weighted by Crippen LogP contribution is -2.31. The molecule has 0 radical (unpaired) electrons. The van der Waals surface area contributed by atoms with E-state index in [2.05, 4.69) is 29.6 Å². The predicted molar refractivity (Wildman–Crippen MR) is 184 cm³/mol. The number of nitrogens with one attached hydrogen (secondary N) is 2. The summed E-state index contributed by atoms with van der Waals surface area (Å²) >= 11 is 1.70. The largest absolute Gasteiger partial charge is 0.496 e. The van der Waals surface area contributed by atoms with E-state index in [1.165, 1.54) is 0 Å². The number of ether oxygens (including phenoxy) is 3. The maximum Gasteiger partial charge on any atom is 0.243 e. The molecule has 5 rings (SSSR count). The zero-order valence-corrected chi connectivity index (χ0v) is 27.8. The molecule has 1 fully saturated rings. The number of aliphatic hydroxyl groups is 1. The van der Waals surface area contributed by atoms with Gasteiger partial charge in [-0.3, -0.25) is 14.8 Å². The monoisotopic (exact) mass is 670 g/mol. The molecule has 2 amide bonds. The molecule has 0 spiro atoms. The van der Waals surface area contributed by atoms with Crippen LogP contribution in [0.2, 0.25) is 0 Å². The zero-order chi connectivity index (χ0) is 33.7. The maximum absolute atomic E-state index is 12.3. The van der Waals surface area contributed by atoms with E-state index in [-0.39, 0.29) is 31.1 Å². The van der Waals surface area contributed by atoms with Crippen LogP contribution in [0.4, 0.5) is 0 Å². The number of unbranched alkanes of at least 4 members (excludes halogenated alkanes) is 1. The molecule has 10 heteroatoms. The topological polar surface area (TPSA) is 126 Å². The van der Waals surface area contributed by atoms with Gasteiger partial charge < -0.3 is 24.6 Å². The van der Waals surface area contributed by atoms with Crippen molar-refractivity contribution in [1.29, 1.82) is 0 Å². The van der Waals surface area contributed by atoms with Gasteiger partial charge >= 0.3 is 0 Å². The van der Waals surface area contributed by atoms with Gasteiger partial charge in [0.1, 0.15) is 5.75 Å². The molecule has 252 valence electrons. The second-order valence-electron chi connectivity index (χ2n) is 11.7. The molecule has 0 bridgehead atoms. The summed E-state index contributed by atoms with van der Waals surface area (Å²) in [5, 5.41) is 21.0. The molecular formula is C38H42N2O7S. The van der Waals surface area contributed by atoms with Gasteiger partial charge in [-0.2, -0.15) is 0 Å². The normalized spacial score (nSPS) is 17.4. The van der Waals surface area contributed by atoms with Crippen LogP contribution in [0, 0.1) is 0 Å². The SMILES string of the molecule is COc1ccccc1SC[C@@H]1C[C@H](c2ccc(CO)cc2)O[C@H](c2ccc(-c3cccc(CNC(=O)CCCCC(=O)NO)c3)cc2)O1. The molecule has 0 unspecified atom stereocenters.